The summed E-state index contributed by atoms with van der Waals surface area (Å²) in [4.78, 5) is 10.0. The molecule has 0 aliphatic heterocycles. The molecule has 0 spiro atoms. The van der Waals surface area contributed by atoms with E-state index in [1.54, 1.807) is 0 Å². The van der Waals surface area contributed by atoms with E-state index >= 15 is 0 Å². The van der Waals surface area contributed by atoms with E-state index in [1.165, 1.54) is 0 Å². The highest BCUT2D eigenvalue weighted by Crippen LogP contribution is 1.88. The quantitative estimate of drug-likeness (QED) is 0.504. The van der Waals surface area contributed by atoms with Crippen LogP contribution in [0.2, 0.25) is 0 Å². The van der Waals surface area contributed by atoms with Crippen LogP contribution in [0.25, 0.3) is 0 Å². The molecular formula is C4H10N2O3S. The van der Waals surface area contributed by atoms with Gasteiger partial charge < -0.3 is 10.8 Å². The average molecular weight is 166 g/mol. The minimum atomic E-state index is -2.77. The van der Waals surface area contributed by atoms with Crippen molar-refractivity contribution in [2.24, 2.45) is 5.73 Å². The van der Waals surface area contributed by atoms with Crippen LogP contribution in [0.3, 0.4) is 0 Å². The Bertz CT molecular complexity index is 221. The highest BCUT2D eigenvalue weighted by atomic mass is 32.2. The Morgan fingerprint density at radius 3 is 2.40 bits per heavy atom. The van der Waals surface area contributed by atoms with Crippen LogP contribution in [0.5, 0.6) is 0 Å². The van der Waals surface area contributed by atoms with Crippen LogP contribution in [0.1, 0.15) is 0 Å². The van der Waals surface area contributed by atoms with E-state index < -0.39 is 21.7 Å². The second-order valence-corrected chi connectivity index (χ2v) is 4.46. The molecule has 6 heteroatoms. The number of aliphatic carboxylic acids is 1. The maximum Gasteiger partial charge on any atom is 0.321 e. The summed E-state index contributed by atoms with van der Waals surface area (Å²) in [5.74, 6) is -1.51. The Morgan fingerprint density at radius 2 is 2.30 bits per heavy atom. The van der Waals surface area contributed by atoms with Crippen molar-refractivity contribution in [1.29, 1.82) is 4.78 Å². The topological polar surface area (TPSA) is 104 Å². The molecule has 0 aromatic carbocycles. The molecule has 0 fully saturated rings. The molecule has 5 nitrogen and oxygen atoms in total. The van der Waals surface area contributed by atoms with Crippen molar-refractivity contribution in [1.82, 2.24) is 0 Å². The zero-order valence-corrected chi connectivity index (χ0v) is 6.35. The first kappa shape index (κ1) is 9.38. The van der Waals surface area contributed by atoms with E-state index in [0.717, 1.165) is 6.26 Å². The third-order valence-corrected chi connectivity index (χ3v) is 1.81. The summed E-state index contributed by atoms with van der Waals surface area (Å²) in [7, 11) is -2.77. The van der Waals surface area contributed by atoms with Gasteiger partial charge in [-0.2, -0.15) is 0 Å². The molecule has 0 aromatic heterocycles. The van der Waals surface area contributed by atoms with Crippen LogP contribution >= 0.6 is 0 Å². The van der Waals surface area contributed by atoms with Crippen molar-refractivity contribution in [2.75, 3.05) is 12.0 Å². The molecule has 0 bridgehead atoms. The summed E-state index contributed by atoms with van der Waals surface area (Å²) >= 11 is 0. The Kier molecular flexibility index (Phi) is 2.79. The molecule has 0 aromatic rings. The van der Waals surface area contributed by atoms with Crippen LogP contribution in [0.4, 0.5) is 0 Å². The number of rotatable bonds is 3. The molecule has 10 heavy (non-hydrogen) atoms. The maximum atomic E-state index is 10.6. The van der Waals surface area contributed by atoms with Gasteiger partial charge in [-0.15, -0.1) is 0 Å². The van der Waals surface area contributed by atoms with Gasteiger partial charge in [-0.05, 0) is 0 Å². The van der Waals surface area contributed by atoms with Gasteiger partial charge in [-0.25, -0.2) is 0 Å². The third-order valence-electron chi connectivity index (χ3n) is 0.815. The Labute approximate surface area is 59.2 Å². The minimum absolute atomic E-state index is 0.289. The molecule has 2 atom stereocenters. The number of nitrogens with one attached hydrogen (secondary N) is 1. The SMILES string of the molecule is C[S@](=N)(=O)C[C@@H](N)C(=O)O. The molecule has 0 amide bonds. The molecule has 0 radical (unpaired) electrons. The fraction of sp³-hybridized carbons (Fsp3) is 0.750. The first-order valence-electron chi connectivity index (χ1n) is 2.53. The van der Waals surface area contributed by atoms with Crippen molar-refractivity contribution in [3.8, 4) is 0 Å². The summed E-state index contributed by atoms with van der Waals surface area (Å²) in [5, 5.41) is 8.21. The number of carbonyl (C=O) groups is 1. The molecule has 0 heterocycles. The Balaban J connectivity index is 4.06. The van der Waals surface area contributed by atoms with E-state index in [2.05, 4.69) is 0 Å². The Morgan fingerprint density at radius 1 is 1.90 bits per heavy atom. The van der Waals surface area contributed by atoms with Crippen molar-refractivity contribution in [3.05, 3.63) is 0 Å². The fourth-order valence-corrected chi connectivity index (χ4v) is 1.24. The average Bonchev–Trinajstić information content (AvgIpc) is 1.60. The summed E-state index contributed by atoms with van der Waals surface area (Å²) in [5.41, 5.74) is 5.00. The molecule has 0 saturated heterocycles. The van der Waals surface area contributed by atoms with Crippen molar-refractivity contribution >= 4 is 15.7 Å². The van der Waals surface area contributed by atoms with Crippen LogP contribution in [0, 0.1) is 4.78 Å². The lowest BCUT2D eigenvalue weighted by Crippen LogP contribution is -2.36. The van der Waals surface area contributed by atoms with E-state index in [9.17, 15) is 9.00 Å². The summed E-state index contributed by atoms with van der Waals surface area (Å²) in [6.07, 6.45) is 1.16. The number of nitrogens with two attached hydrogens (primary N) is 1. The van der Waals surface area contributed by atoms with Gasteiger partial charge >= 0.3 is 5.97 Å². The zero-order chi connectivity index (χ0) is 8.36. The number of hydrogen-bond donors (Lipinski definition) is 3. The first-order chi connectivity index (χ1) is 4.33. The smallest absolute Gasteiger partial charge is 0.321 e. The molecule has 0 saturated carbocycles. The highest BCUT2D eigenvalue weighted by molar-refractivity contribution is 7.91. The standard InChI is InChI=1S/C4H10N2O3S/c1-10(6,9)2-3(5)4(7)8/h3,6H,2,5H2,1H3,(H,7,8)/t3-,10+/m1/s1. The summed E-state index contributed by atoms with van der Waals surface area (Å²) < 4.78 is 17.5. The predicted molar refractivity (Wildman–Crippen MR) is 37.3 cm³/mol. The van der Waals surface area contributed by atoms with Crippen LogP contribution in [0.15, 0.2) is 0 Å². The normalized spacial score (nSPS) is 19.4. The van der Waals surface area contributed by atoms with Gasteiger partial charge in [0.25, 0.3) is 0 Å². The Hall–Kier alpha value is -0.620. The van der Waals surface area contributed by atoms with Gasteiger partial charge in [0, 0.05) is 16.0 Å². The van der Waals surface area contributed by atoms with Gasteiger partial charge in [0.05, 0.1) is 5.75 Å². The van der Waals surface area contributed by atoms with Crippen molar-refractivity contribution in [3.63, 3.8) is 0 Å². The van der Waals surface area contributed by atoms with E-state index in [0.29, 0.717) is 0 Å². The third kappa shape index (κ3) is 4.28. The van der Waals surface area contributed by atoms with Crippen molar-refractivity contribution in [2.45, 2.75) is 6.04 Å². The second kappa shape index (κ2) is 2.98. The lowest BCUT2D eigenvalue weighted by molar-refractivity contribution is -0.137. The lowest BCUT2D eigenvalue weighted by Gasteiger charge is -2.04. The maximum absolute atomic E-state index is 10.6. The number of carboxylic acid groups (broad SMARTS) is 1. The number of hydrogen-bond acceptors (Lipinski definition) is 4. The van der Waals surface area contributed by atoms with Crippen LogP contribution < -0.4 is 5.73 Å². The van der Waals surface area contributed by atoms with Gasteiger partial charge in [-0.3, -0.25) is 13.8 Å². The van der Waals surface area contributed by atoms with Crippen LogP contribution in [-0.2, 0) is 14.5 Å². The first-order valence-corrected chi connectivity index (χ1v) is 4.66. The summed E-state index contributed by atoms with van der Waals surface area (Å²) in [6.45, 7) is 0. The zero-order valence-electron chi connectivity index (χ0n) is 5.53. The summed E-state index contributed by atoms with van der Waals surface area (Å²) in [6, 6.07) is -1.19. The van der Waals surface area contributed by atoms with E-state index in [1.807, 2.05) is 0 Å². The highest BCUT2D eigenvalue weighted by Gasteiger charge is 2.14. The van der Waals surface area contributed by atoms with Gasteiger partial charge in [0.1, 0.15) is 6.04 Å². The van der Waals surface area contributed by atoms with Gasteiger partial charge in [0.15, 0.2) is 0 Å². The van der Waals surface area contributed by atoms with E-state index in [4.69, 9.17) is 15.6 Å². The van der Waals surface area contributed by atoms with Crippen LogP contribution in [-0.4, -0.2) is 33.3 Å². The van der Waals surface area contributed by atoms with Crippen molar-refractivity contribution < 1.29 is 14.1 Å². The van der Waals surface area contributed by atoms with E-state index in [-0.39, 0.29) is 5.75 Å². The largest absolute Gasteiger partial charge is 0.480 e. The molecule has 0 aliphatic carbocycles. The molecule has 4 N–H and O–H groups in total. The van der Waals surface area contributed by atoms with Gasteiger partial charge in [-0.1, -0.05) is 0 Å². The predicted octanol–water partition coefficient (Wildman–Crippen LogP) is -0.925. The molecule has 0 rings (SSSR count). The van der Waals surface area contributed by atoms with Gasteiger partial charge in [0.2, 0.25) is 0 Å². The fourth-order valence-electron chi connectivity index (χ4n) is 0.414. The minimum Gasteiger partial charge on any atom is -0.480 e. The molecule has 0 aliphatic rings. The second-order valence-electron chi connectivity index (χ2n) is 2.12. The lowest BCUT2D eigenvalue weighted by atomic mass is 10.4. The monoisotopic (exact) mass is 166 g/mol. The molecular weight excluding hydrogens is 156 g/mol. The number of carboxylic acids is 1. The molecule has 60 valence electrons. The molecule has 0 unspecified atom stereocenters.